The average molecular weight is 374 g/mol. The Hall–Kier alpha value is 1.14. The second-order valence-electron chi connectivity index (χ2n) is 2.15. The standard InChI is InChI=1S/C5H11NO2S.H3O4P.2Zn/c1-9-3-2-4(6)5(7)8;1-5(2,3)4;;/h4H,2-3,6H2,1H3,(H,7,8);(H3,1,2,3,4);;/q;;2*+2/p-4/t4-;;;/m0.../s1. The Bertz CT molecular complexity index is 207. The minimum Gasteiger partial charge on any atom is -0.822 e. The molecule has 0 bridgehead atoms. The molecule has 0 amide bonds. The number of hydrogen-bond acceptors (Lipinski definition) is 8. The van der Waals surface area contributed by atoms with E-state index in [-0.39, 0.29) is 39.0 Å². The van der Waals surface area contributed by atoms with E-state index in [1.807, 2.05) is 6.26 Å². The van der Waals surface area contributed by atoms with Crippen molar-refractivity contribution in [2.24, 2.45) is 5.73 Å². The molecule has 0 radical (unpaired) electrons. The normalized spacial score (nSPS) is 11.1. The molecule has 0 aromatic heterocycles. The summed E-state index contributed by atoms with van der Waals surface area (Å²) in [5, 5.41) is 9.96. The van der Waals surface area contributed by atoms with E-state index in [1.165, 1.54) is 0 Å². The topological polar surface area (TPSA) is 152 Å². The average Bonchev–Trinajstić information content (AvgIpc) is 1.96. The monoisotopic (exact) mass is 371 g/mol. The maximum Gasteiger partial charge on any atom is 2.00 e. The fourth-order valence-electron chi connectivity index (χ4n) is 0.363. The minimum absolute atomic E-state index is 0. The number of carbonyl (C=O) groups is 1. The first-order chi connectivity index (χ1) is 6.18. The van der Waals surface area contributed by atoms with Crippen LogP contribution >= 0.6 is 19.6 Å². The number of carboxylic acid groups (broad SMARTS) is 1. The first kappa shape index (κ1) is 25.9. The van der Waals surface area contributed by atoms with Gasteiger partial charge in [0.05, 0.1) is 5.97 Å². The Morgan fingerprint density at radius 3 is 1.88 bits per heavy atom. The largest absolute Gasteiger partial charge is 2.00 e. The SMILES string of the molecule is CSCC[C@H](N)C(=O)[O-].O=P([O-])([O-])[O-].[Zn+2].[Zn+2]. The molecule has 0 saturated heterocycles. The molecule has 0 saturated carbocycles. The summed E-state index contributed by atoms with van der Waals surface area (Å²) in [6.07, 6.45) is 2.39. The van der Waals surface area contributed by atoms with Crippen molar-refractivity contribution in [2.45, 2.75) is 12.5 Å². The molecule has 2 N–H and O–H groups in total. The van der Waals surface area contributed by atoms with Crippen LogP contribution in [-0.2, 0) is 48.3 Å². The fraction of sp³-hybridized carbons (Fsp3) is 0.800. The van der Waals surface area contributed by atoms with Crippen molar-refractivity contribution in [1.82, 2.24) is 0 Å². The zero-order valence-corrected chi connectivity index (χ0v) is 16.4. The number of nitrogens with two attached hydrogens (primary N) is 1. The summed E-state index contributed by atoms with van der Waals surface area (Å²) >= 11 is 1.58. The summed E-state index contributed by atoms with van der Waals surface area (Å²) in [6.45, 7) is 0. The Labute approximate surface area is 123 Å². The van der Waals surface area contributed by atoms with Crippen molar-refractivity contribution in [1.29, 1.82) is 0 Å². The molecule has 0 fully saturated rings. The van der Waals surface area contributed by atoms with Gasteiger partial charge in [-0.15, -0.1) is 0 Å². The van der Waals surface area contributed by atoms with Crippen LogP contribution in [0, 0.1) is 0 Å². The summed E-state index contributed by atoms with van der Waals surface area (Å²) in [5.41, 5.74) is 5.13. The second kappa shape index (κ2) is 14.2. The molecule has 7 nitrogen and oxygen atoms in total. The molecule has 0 spiro atoms. The number of hydrogen-bond donors (Lipinski definition) is 1. The molecular formula is C5H10NO6PSZn2. The quantitative estimate of drug-likeness (QED) is 0.386. The Morgan fingerprint density at radius 2 is 1.69 bits per heavy atom. The van der Waals surface area contributed by atoms with Gasteiger partial charge in [0.2, 0.25) is 0 Å². The molecule has 86 valence electrons. The van der Waals surface area contributed by atoms with Crippen LogP contribution in [0.4, 0.5) is 0 Å². The van der Waals surface area contributed by atoms with Crippen molar-refractivity contribution in [3.05, 3.63) is 0 Å². The third-order valence-corrected chi connectivity index (χ3v) is 1.58. The summed E-state index contributed by atoms with van der Waals surface area (Å²) in [6, 6.07) is -0.794. The van der Waals surface area contributed by atoms with Gasteiger partial charge in [-0.2, -0.15) is 19.6 Å². The van der Waals surface area contributed by atoms with E-state index in [2.05, 4.69) is 0 Å². The van der Waals surface area contributed by atoms with Gasteiger partial charge in [0.25, 0.3) is 0 Å². The predicted molar refractivity (Wildman–Crippen MR) is 43.6 cm³/mol. The van der Waals surface area contributed by atoms with Crippen LogP contribution in [0.15, 0.2) is 0 Å². The zero-order valence-electron chi connectivity index (χ0n) is 8.79. The summed E-state index contributed by atoms with van der Waals surface area (Å²) in [4.78, 5) is 35.6. The molecule has 11 heteroatoms. The molecule has 0 heterocycles. The number of thioether (sulfide) groups is 1. The van der Waals surface area contributed by atoms with Gasteiger partial charge >= 0.3 is 39.0 Å². The predicted octanol–water partition coefficient (Wildman–Crippen LogP) is -4.01. The third kappa shape index (κ3) is 36.2. The molecule has 1 atom stereocenters. The van der Waals surface area contributed by atoms with Gasteiger partial charge in [0.15, 0.2) is 0 Å². The summed E-state index contributed by atoms with van der Waals surface area (Å²) in [7, 11) is -5.39. The van der Waals surface area contributed by atoms with Crippen molar-refractivity contribution < 1.29 is 68.1 Å². The van der Waals surface area contributed by atoms with Crippen LogP contribution in [0.5, 0.6) is 0 Å². The van der Waals surface area contributed by atoms with E-state index in [0.717, 1.165) is 5.75 Å². The van der Waals surface area contributed by atoms with E-state index in [0.29, 0.717) is 6.42 Å². The Balaban J connectivity index is -0.0000000904. The molecule has 0 aromatic carbocycles. The molecule has 16 heavy (non-hydrogen) atoms. The molecule has 0 aliphatic rings. The third-order valence-electron chi connectivity index (χ3n) is 0.936. The Morgan fingerprint density at radius 1 is 1.38 bits per heavy atom. The van der Waals surface area contributed by atoms with Crippen LogP contribution in [0.25, 0.3) is 0 Å². The van der Waals surface area contributed by atoms with Crippen LogP contribution in [0.1, 0.15) is 6.42 Å². The van der Waals surface area contributed by atoms with Gasteiger partial charge in [0.1, 0.15) is 0 Å². The van der Waals surface area contributed by atoms with Crippen LogP contribution in [0.3, 0.4) is 0 Å². The zero-order chi connectivity index (χ0) is 11.8. The molecule has 0 aliphatic heterocycles. The minimum atomic E-state index is -5.39. The van der Waals surface area contributed by atoms with E-state index in [9.17, 15) is 9.90 Å². The number of carbonyl (C=O) groups excluding carboxylic acids is 1. The van der Waals surface area contributed by atoms with Crippen molar-refractivity contribution in [2.75, 3.05) is 12.0 Å². The first-order valence-electron chi connectivity index (χ1n) is 3.37. The smallest absolute Gasteiger partial charge is 0.822 e. The summed E-state index contributed by atoms with van der Waals surface area (Å²) < 4.78 is 8.55. The van der Waals surface area contributed by atoms with Crippen LogP contribution in [-0.4, -0.2) is 24.0 Å². The van der Waals surface area contributed by atoms with Crippen molar-refractivity contribution in [3.8, 4) is 0 Å². The van der Waals surface area contributed by atoms with E-state index in [4.69, 9.17) is 25.0 Å². The number of phosphoric acid groups is 1. The van der Waals surface area contributed by atoms with Crippen molar-refractivity contribution in [3.63, 3.8) is 0 Å². The van der Waals surface area contributed by atoms with Gasteiger partial charge in [0, 0.05) is 6.04 Å². The molecule has 0 unspecified atom stereocenters. The van der Waals surface area contributed by atoms with Gasteiger partial charge in [-0.1, -0.05) is 0 Å². The summed E-state index contributed by atoms with van der Waals surface area (Å²) in [5.74, 6) is -0.390. The van der Waals surface area contributed by atoms with E-state index < -0.39 is 19.8 Å². The molecule has 0 aromatic rings. The van der Waals surface area contributed by atoms with Gasteiger partial charge in [-0.05, 0) is 18.4 Å². The van der Waals surface area contributed by atoms with Gasteiger partial charge < -0.3 is 34.9 Å². The first-order valence-corrected chi connectivity index (χ1v) is 6.22. The van der Waals surface area contributed by atoms with Gasteiger partial charge in [-0.25, -0.2) is 0 Å². The van der Waals surface area contributed by atoms with Crippen LogP contribution in [0.2, 0.25) is 0 Å². The molecule has 0 rings (SSSR count). The maximum atomic E-state index is 9.96. The molecule has 0 aliphatic carbocycles. The fourth-order valence-corrected chi connectivity index (χ4v) is 0.852. The Kier molecular flexibility index (Phi) is 22.9. The molecular weight excluding hydrogens is 364 g/mol. The van der Waals surface area contributed by atoms with Crippen LogP contribution < -0.4 is 25.5 Å². The van der Waals surface area contributed by atoms with E-state index in [1.54, 1.807) is 11.8 Å². The number of carboxylic acids is 1. The second-order valence-corrected chi connectivity index (χ2v) is 4.03. The van der Waals surface area contributed by atoms with Gasteiger partial charge in [-0.3, -0.25) is 0 Å². The maximum absolute atomic E-state index is 9.96. The number of rotatable bonds is 4. The van der Waals surface area contributed by atoms with Crippen molar-refractivity contribution >= 4 is 25.6 Å². The number of aliphatic carboxylic acids is 1. The van der Waals surface area contributed by atoms with E-state index >= 15 is 0 Å².